The van der Waals surface area contributed by atoms with Gasteiger partial charge in [-0.2, -0.15) is 0 Å². The van der Waals surface area contributed by atoms with Crippen molar-refractivity contribution in [3.05, 3.63) is 53.1 Å². The molecule has 0 bridgehead atoms. The van der Waals surface area contributed by atoms with Gasteiger partial charge in [-0.3, -0.25) is 0 Å². The average Bonchev–Trinajstić information content (AvgIpc) is 2.94. The molecule has 0 spiro atoms. The second-order valence-electron chi connectivity index (χ2n) is 4.89. The highest BCUT2D eigenvalue weighted by Gasteiger charge is 2.22. The van der Waals surface area contributed by atoms with Crippen LogP contribution in [0.5, 0.6) is 11.5 Å². The molecule has 0 aliphatic carbocycles. The summed E-state index contributed by atoms with van der Waals surface area (Å²) >= 11 is 5.96. The van der Waals surface area contributed by atoms with Gasteiger partial charge in [-0.05, 0) is 36.8 Å². The normalized spacial score (nSPS) is 14.8. The predicted molar refractivity (Wildman–Crippen MR) is 82.8 cm³/mol. The monoisotopic (exact) mass is 339 g/mol. The summed E-state index contributed by atoms with van der Waals surface area (Å²) in [7, 11) is -3.71. The lowest BCUT2D eigenvalue weighted by Gasteiger charge is -2.15. The molecule has 1 aliphatic rings. The molecule has 1 N–H and O–H groups in total. The predicted octanol–water partition coefficient (Wildman–Crippen LogP) is 3.11. The summed E-state index contributed by atoms with van der Waals surface area (Å²) in [5.74, 6) is 1.27. The molecule has 5 nitrogen and oxygen atoms in total. The standard InChI is InChI=1S/C15H14ClNO4S/c1-10(11-6-7-13-14(8-11)21-9-20-13)17-22(18,19)15-5-3-2-4-12(15)16/h2-8,10,17H,9H2,1H3. The Hall–Kier alpha value is -1.76. The molecule has 0 fully saturated rings. The van der Waals surface area contributed by atoms with E-state index in [0.29, 0.717) is 11.5 Å². The van der Waals surface area contributed by atoms with Crippen molar-refractivity contribution in [2.24, 2.45) is 0 Å². The van der Waals surface area contributed by atoms with Crippen molar-refractivity contribution >= 4 is 21.6 Å². The first-order valence-corrected chi connectivity index (χ1v) is 8.50. The zero-order valence-corrected chi connectivity index (χ0v) is 13.3. The van der Waals surface area contributed by atoms with Crippen LogP contribution in [0, 0.1) is 0 Å². The van der Waals surface area contributed by atoms with E-state index in [4.69, 9.17) is 21.1 Å². The average molecular weight is 340 g/mol. The van der Waals surface area contributed by atoms with Gasteiger partial charge < -0.3 is 9.47 Å². The lowest BCUT2D eigenvalue weighted by Crippen LogP contribution is -2.27. The Balaban J connectivity index is 1.85. The first kappa shape index (κ1) is 15.1. The molecule has 0 saturated heterocycles. The van der Waals surface area contributed by atoms with Crippen LogP contribution in [0.2, 0.25) is 5.02 Å². The number of benzene rings is 2. The maximum absolute atomic E-state index is 12.4. The Morgan fingerprint density at radius 1 is 1.14 bits per heavy atom. The lowest BCUT2D eigenvalue weighted by atomic mass is 10.1. The summed E-state index contributed by atoms with van der Waals surface area (Å²) in [6.45, 7) is 1.93. The van der Waals surface area contributed by atoms with Gasteiger partial charge in [0.2, 0.25) is 16.8 Å². The van der Waals surface area contributed by atoms with Crippen LogP contribution in [0.3, 0.4) is 0 Å². The van der Waals surface area contributed by atoms with Crippen molar-refractivity contribution in [1.29, 1.82) is 0 Å². The highest BCUT2D eigenvalue weighted by atomic mass is 35.5. The summed E-state index contributed by atoms with van der Waals surface area (Å²) in [5.41, 5.74) is 0.778. The number of hydrogen-bond acceptors (Lipinski definition) is 4. The van der Waals surface area contributed by atoms with Crippen LogP contribution in [-0.4, -0.2) is 15.2 Å². The maximum Gasteiger partial charge on any atom is 0.242 e. The van der Waals surface area contributed by atoms with Gasteiger partial charge in [0.05, 0.1) is 5.02 Å². The molecule has 116 valence electrons. The molecule has 1 aliphatic heterocycles. The van der Waals surface area contributed by atoms with Crippen molar-refractivity contribution in [3.63, 3.8) is 0 Å². The zero-order chi connectivity index (χ0) is 15.7. The van der Waals surface area contributed by atoms with Crippen molar-refractivity contribution in [2.45, 2.75) is 17.9 Å². The van der Waals surface area contributed by atoms with E-state index in [0.717, 1.165) is 5.56 Å². The van der Waals surface area contributed by atoms with Gasteiger partial charge >= 0.3 is 0 Å². The number of sulfonamides is 1. The summed E-state index contributed by atoms with van der Waals surface area (Å²) in [6.07, 6.45) is 0. The molecule has 1 atom stereocenters. The van der Waals surface area contributed by atoms with E-state index in [1.54, 1.807) is 43.3 Å². The van der Waals surface area contributed by atoms with Gasteiger partial charge in [0.25, 0.3) is 0 Å². The van der Waals surface area contributed by atoms with Crippen LogP contribution in [-0.2, 0) is 10.0 Å². The minimum absolute atomic E-state index is 0.0595. The number of ether oxygens (including phenoxy) is 2. The third-order valence-corrected chi connectivity index (χ3v) is 5.40. The SMILES string of the molecule is CC(NS(=O)(=O)c1ccccc1Cl)c1ccc2c(c1)OCO2. The fourth-order valence-electron chi connectivity index (χ4n) is 2.21. The molecule has 3 rings (SSSR count). The van der Waals surface area contributed by atoms with Crippen LogP contribution >= 0.6 is 11.6 Å². The molecular formula is C15H14ClNO4S. The fraction of sp³-hybridized carbons (Fsp3) is 0.200. The molecule has 0 radical (unpaired) electrons. The summed E-state index contributed by atoms with van der Waals surface area (Å²) < 4.78 is 38.0. The van der Waals surface area contributed by atoms with E-state index in [2.05, 4.69) is 4.72 Å². The minimum Gasteiger partial charge on any atom is -0.454 e. The van der Waals surface area contributed by atoms with Gasteiger partial charge in [0.1, 0.15) is 4.90 Å². The first-order chi connectivity index (χ1) is 10.5. The number of hydrogen-bond donors (Lipinski definition) is 1. The number of halogens is 1. The first-order valence-electron chi connectivity index (χ1n) is 6.64. The molecule has 2 aromatic carbocycles. The van der Waals surface area contributed by atoms with Gasteiger partial charge in [0, 0.05) is 6.04 Å². The van der Waals surface area contributed by atoms with E-state index in [-0.39, 0.29) is 16.7 Å². The molecule has 0 saturated carbocycles. The second kappa shape index (κ2) is 5.79. The number of nitrogens with one attached hydrogen (secondary N) is 1. The van der Waals surface area contributed by atoms with Crippen molar-refractivity contribution in [2.75, 3.05) is 6.79 Å². The Labute approximate surface area is 133 Å². The fourth-order valence-corrected chi connectivity index (χ4v) is 3.96. The van der Waals surface area contributed by atoms with E-state index in [1.165, 1.54) is 6.07 Å². The van der Waals surface area contributed by atoms with E-state index >= 15 is 0 Å². The van der Waals surface area contributed by atoms with Crippen molar-refractivity contribution in [1.82, 2.24) is 4.72 Å². The van der Waals surface area contributed by atoms with Crippen molar-refractivity contribution in [3.8, 4) is 11.5 Å². The van der Waals surface area contributed by atoms with E-state index in [9.17, 15) is 8.42 Å². The van der Waals surface area contributed by atoms with Gasteiger partial charge in [-0.25, -0.2) is 13.1 Å². The number of fused-ring (bicyclic) bond motifs is 1. The smallest absolute Gasteiger partial charge is 0.242 e. The zero-order valence-electron chi connectivity index (χ0n) is 11.7. The Morgan fingerprint density at radius 3 is 2.64 bits per heavy atom. The van der Waals surface area contributed by atoms with Crippen LogP contribution in [0.15, 0.2) is 47.4 Å². The molecular weight excluding hydrogens is 326 g/mol. The molecule has 0 amide bonds. The lowest BCUT2D eigenvalue weighted by molar-refractivity contribution is 0.174. The number of rotatable bonds is 4. The summed E-state index contributed by atoms with van der Waals surface area (Å²) in [6, 6.07) is 11.2. The Morgan fingerprint density at radius 2 is 1.86 bits per heavy atom. The van der Waals surface area contributed by atoms with Gasteiger partial charge in [0.15, 0.2) is 11.5 Å². The van der Waals surface area contributed by atoms with E-state index < -0.39 is 16.1 Å². The molecule has 2 aromatic rings. The molecule has 1 unspecified atom stereocenters. The highest BCUT2D eigenvalue weighted by Crippen LogP contribution is 2.34. The van der Waals surface area contributed by atoms with Crippen LogP contribution in [0.1, 0.15) is 18.5 Å². The highest BCUT2D eigenvalue weighted by molar-refractivity contribution is 7.89. The third-order valence-electron chi connectivity index (χ3n) is 3.35. The Kier molecular flexibility index (Phi) is 3.99. The van der Waals surface area contributed by atoms with Gasteiger partial charge in [-0.15, -0.1) is 0 Å². The largest absolute Gasteiger partial charge is 0.454 e. The molecule has 1 heterocycles. The van der Waals surface area contributed by atoms with E-state index in [1.807, 2.05) is 0 Å². The van der Waals surface area contributed by atoms with Crippen LogP contribution in [0.25, 0.3) is 0 Å². The maximum atomic E-state index is 12.4. The van der Waals surface area contributed by atoms with Crippen molar-refractivity contribution < 1.29 is 17.9 Å². The topological polar surface area (TPSA) is 64.6 Å². The molecule has 7 heteroatoms. The quantitative estimate of drug-likeness (QED) is 0.929. The second-order valence-corrected chi connectivity index (χ2v) is 6.98. The third kappa shape index (κ3) is 2.90. The van der Waals surface area contributed by atoms with Crippen LogP contribution < -0.4 is 14.2 Å². The van der Waals surface area contributed by atoms with Crippen LogP contribution in [0.4, 0.5) is 0 Å². The minimum atomic E-state index is -3.71. The molecule has 22 heavy (non-hydrogen) atoms. The summed E-state index contributed by atoms with van der Waals surface area (Å²) in [4.78, 5) is 0.0595. The van der Waals surface area contributed by atoms with Gasteiger partial charge in [-0.1, -0.05) is 29.8 Å². The molecule has 0 aromatic heterocycles. The summed E-state index contributed by atoms with van der Waals surface area (Å²) in [5, 5.41) is 0.188. The Bertz CT molecular complexity index is 807.